The van der Waals surface area contributed by atoms with Gasteiger partial charge in [0.15, 0.2) is 0 Å². The molecular weight excluding hydrogens is 365 g/mol. The molecule has 0 amide bonds. The van der Waals surface area contributed by atoms with E-state index < -0.39 is 21.8 Å². The monoisotopic (exact) mass is 384 g/mol. The van der Waals surface area contributed by atoms with Crippen LogP contribution in [-0.2, 0) is 16.2 Å². The SMILES string of the molecule is NS(=O)(=O)c1ccc(C(F)(F)F)c(-c2ccccc2)c1N1CCCCC1. The van der Waals surface area contributed by atoms with Gasteiger partial charge in [-0.2, -0.15) is 13.2 Å². The van der Waals surface area contributed by atoms with Crippen molar-refractivity contribution in [2.24, 2.45) is 5.14 Å². The van der Waals surface area contributed by atoms with Gasteiger partial charge in [0.1, 0.15) is 4.90 Å². The summed E-state index contributed by atoms with van der Waals surface area (Å²) in [5, 5.41) is 5.33. The number of primary sulfonamides is 1. The van der Waals surface area contributed by atoms with E-state index in [2.05, 4.69) is 0 Å². The normalized spacial score (nSPS) is 15.9. The minimum Gasteiger partial charge on any atom is -0.370 e. The molecule has 1 aliphatic heterocycles. The van der Waals surface area contributed by atoms with Gasteiger partial charge in [0.25, 0.3) is 0 Å². The average Bonchev–Trinajstić information content (AvgIpc) is 2.60. The van der Waals surface area contributed by atoms with Crippen molar-refractivity contribution in [2.75, 3.05) is 18.0 Å². The fourth-order valence-corrected chi connectivity index (χ4v) is 4.12. The lowest BCUT2D eigenvalue weighted by atomic mass is 9.95. The van der Waals surface area contributed by atoms with E-state index in [-0.39, 0.29) is 16.1 Å². The lowest BCUT2D eigenvalue weighted by molar-refractivity contribution is -0.137. The molecule has 0 saturated carbocycles. The number of rotatable bonds is 3. The first-order chi connectivity index (χ1) is 12.2. The highest BCUT2D eigenvalue weighted by molar-refractivity contribution is 7.89. The van der Waals surface area contributed by atoms with Crippen LogP contribution in [0, 0.1) is 0 Å². The molecule has 0 radical (unpaired) electrons. The molecule has 0 bridgehead atoms. The van der Waals surface area contributed by atoms with Gasteiger partial charge >= 0.3 is 6.18 Å². The highest BCUT2D eigenvalue weighted by atomic mass is 32.2. The largest absolute Gasteiger partial charge is 0.417 e. The molecule has 8 heteroatoms. The first-order valence-corrected chi connectivity index (χ1v) is 9.81. The molecule has 1 heterocycles. The number of nitrogens with two attached hydrogens (primary N) is 1. The van der Waals surface area contributed by atoms with Crippen molar-refractivity contribution in [2.45, 2.75) is 30.3 Å². The Labute approximate surface area is 150 Å². The Hall–Kier alpha value is -2.06. The predicted octanol–water partition coefficient (Wildman–Crippen LogP) is 4.01. The van der Waals surface area contributed by atoms with Crippen molar-refractivity contribution in [3.05, 3.63) is 48.0 Å². The first-order valence-electron chi connectivity index (χ1n) is 8.27. The molecule has 0 spiro atoms. The van der Waals surface area contributed by atoms with E-state index in [0.717, 1.165) is 31.4 Å². The van der Waals surface area contributed by atoms with Crippen molar-refractivity contribution < 1.29 is 21.6 Å². The Bertz CT molecular complexity index is 891. The maximum atomic E-state index is 13.7. The van der Waals surface area contributed by atoms with E-state index in [1.165, 1.54) is 0 Å². The first kappa shape index (κ1) is 18.7. The Balaban J connectivity index is 2.39. The summed E-state index contributed by atoms with van der Waals surface area (Å²) in [4.78, 5) is 1.44. The minimum atomic E-state index is -4.62. The summed E-state index contributed by atoms with van der Waals surface area (Å²) in [6, 6.07) is 9.80. The number of hydrogen-bond acceptors (Lipinski definition) is 3. The molecule has 4 nitrogen and oxygen atoms in total. The van der Waals surface area contributed by atoms with Gasteiger partial charge in [-0.15, -0.1) is 0 Å². The number of piperidine rings is 1. The quantitative estimate of drug-likeness (QED) is 0.870. The van der Waals surface area contributed by atoms with E-state index in [0.29, 0.717) is 18.7 Å². The molecule has 26 heavy (non-hydrogen) atoms. The standard InChI is InChI=1S/C18H19F3N2O2S/c19-18(20,21)14-9-10-15(26(22,24)25)17(23-11-5-2-6-12-23)16(14)13-7-3-1-4-8-13/h1,3-4,7-10H,2,5-6,11-12H2,(H2,22,24,25). The molecule has 0 unspecified atom stereocenters. The second-order valence-corrected chi connectivity index (χ2v) is 7.82. The highest BCUT2D eigenvalue weighted by Gasteiger charge is 2.37. The second kappa shape index (κ2) is 6.92. The van der Waals surface area contributed by atoms with Crippen LogP contribution in [0.2, 0.25) is 0 Å². The molecule has 2 aromatic rings. The third kappa shape index (κ3) is 3.71. The fraction of sp³-hybridized carbons (Fsp3) is 0.333. The zero-order valence-corrected chi connectivity index (χ0v) is 14.8. The molecule has 2 N–H and O–H groups in total. The molecule has 2 aromatic carbocycles. The van der Waals surface area contributed by atoms with Crippen molar-refractivity contribution >= 4 is 15.7 Å². The number of benzene rings is 2. The Morgan fingerprint density at radius 3 is 2.08 bits per heavy atom. The molecule has 1 fully saturated rings. The van der Waals surface area contributed by atoms with Crippen LogP contribution in [-0.4, -0.2) is 21.5 Å². The number of anilines is 1. The van der Waals surface area contributed by atoms with E-state index in [1.54, 1.807) is 35.2 Å². The molecule has 1 saturated heterocycles. The van der Waals surface area contributed by atoms with Crippen LogP contribution < -0.4 is 10.0 Å². The van der Waals surface area contributed by atoms with Gasteiger partial charge in [0.2, 0.25) is 10.0 Å². The lowest BCUT2D eigenvalue weighted by Gasteiger charge is -2.33. The summed E-state index contributed by atoms with van der Waals surface area (Å²) in [5.74, 6) is 0. The predicted molar refractivity (Wildman–Crippen MR) is 94.3 cm³/mol. The van der Waals surface area contributed by atoms with Gasteiger partial charge in [-0.05, 0) is 37.0 Å². The number of nitrogens with zero attached hydrogens (tertiary/aromatic N) is 1. The molecule has 1 aliphatic rings. The highest BCUT2D eigenvalue weighted by Crippen LogP contribution is 2.45. The smallest absolute Gasteiger partial charge is 0.370 e. The summed E-state index contributed by atoms with van der Waals surface area (Å²) >= 11 is 0. The summed E-state index contributed by atoms with van der Waals surface area (Å²) < 4.78 is 65.4. The minimum absolute atomic E-state index is 0.0493. The van der Waals surface area contributed by atoms with E-state index >= 15 is 0 Å². The van der Waals surface area contributed by atoms with Crippen LogP contribution in [0.4, 0.5) is 18.9 Å². The molecule has 0 aromatic heterocycles. The maximum Gasteiger partial charge on any atom is 0.417 e. The van der Waals surface area contributed by atoms with Crippen molar-refractivity contribution in [3.8, 4) is 11.1 Å². The van der Waals surface area contributed by atoms with E-state index in [4.69, 9.17) is 5.14 Å². The summed E-state index contributed by atoms with van der Waals surface area (Å²) in [5.41, 5.74) is -0.637. The van der Waals surface area contributed by atoms with Crippen LogP contribution in [0.3, 0.4) is 0 Å². The average molecular weight is 384 g/mol. The van der Waals surface area contributed by atoms with Crippen molar-refractivity contribution in [1.29, 1.82) is 0 Å². The summed E-state index contributed by atoms with van der Waals surface area (Å²) in [6.45, 7) is 0.979. The number of alkyl halides is 3. The maximum absolute atomic E-state index is 13.7. The molecule has 0 atom stereocenters. The summed E-state index contributed by atoms with van der Waals surface area (Å²) in [6.07, 6.45) is -2.09. The van der Waals surface area contributed by atoms with Crippen molar-refractivity contribution in [1.82, 2.24) is 0 Å². The van der Waals surface area contributed by atoms with Gasteiger partial charge in [-0.3, -0.25) is 0 Å². The zero-order chi connectivity index (χ0) is 18.9. The third-order valence-corrected chi connectivity index (χ3v) is 5.43. The van der Waals surface area contributed by atoms with Crippen LogP contribution in [0.25, 0.3) is 11.1 Å². The van der Waals surface area contributed by atoms with Gasteiger partial charge in [0.05, 0.1) is 11.3 Å². The van der Waals surface area contributed by atoms with E-state index in [9.17, 15) is 21.6 Å². The van der Waals surface area contributed by atoms with Gasteiger partial charge in [-0.1, -0.05) is 30.3 Å². The molecule has 0 aliphatic carbocycles. The van der Waals surface area contributed by atoms with Crippen LogP contribution in [0.1, 0.15) is 24.8 Å². The fourth-order valence-electron chi connectivity index (χ4n) is 3.37. The molecule has 140 valence electrons. The number of halogens is 3. The second-order valence-electron chi connectivity index (χ2n) is 6.29. The number of hydrogen-bond donors (Lipinski definition) is 1. The van der Waals surface area contributed by atoms with Crippen LogP contribution >= 0.6 is 0 Å². The molecule has 3 rings (SSSR count). The van der Waals surface area contributed by atoms with Crippen LogP contribution in [0.5, 0.6) is 0 Å². The Kier molecular flexibility index (Phi) is 4.98. The van der Waals surface area contributed by atoms with Crippen LogP contribution in [0.15, 0.2) is 47.4 Å². The van der Waals surface area contributed by atoms with Gasteiger partial charge in [0, 0.05) is 18.7 Å². The van der Waals surface area contributed by atoms with E-state index in [1.807, 2.05) is 0 Å². The Morgan fingerprint density at radius 1 is 0.923 bits per heavy atom. The Morgan fingerprint density at radius 2 is 1.54 bits per heavy atom. The zero-order valence-electron chi connectivity index (χ0n) is 14.0. The van der Waals surface area contributed by atoms with Crippen molar-refractivity contribution in [3.63, 3.8) is 0 Å². The third-order valence-electron chi connectivity index (χ3n) is 4.49. The summed E-state index contributed by atoms with van der Waals surface area (Å²) in [7, 11) is -4.18. The van der Waals surface area contributed by atoms with Gasteiger partial charge < -0.3 is 4.90 Å². The topological polar surface area (TPSA) is 63.4 Å². The lowest BCUT2D eigenvalue weighted by Crippen LogP contribution is -2.32. The number of sulfonamides is 1. The van der Waals surface area contributed by atoms with Gasteiger partial charge in [-0.25, -0.2) is 13.6 Å². The molecular formula is C18H19F3N2O2S.